The Bertz CT molecular complexity index is 1340. The van der Waals surface area contributed by atoms with Gasteiger partial charge in [-0.3, -0.25) is 0 Å². The monoisotopic (exact) mass is 465 g/mol. The molecule has 0 amide bonds. The number of hydrogen-bond donors (Lipinski definition) is 0. The fraction of sp³-hybridized carbons (Fsp3) is 0.103. The molecule has 31 heavy (non-hydrogen) atoms. The topological polar surface area (TPSA) is 3.24 Å². The first kappa shape index (κ1) is 19.8. The molecule has 1 nitrogen and oxygen atoms in total. The highest BCUT2D eigenvalue weighted by atomic mass is 79.9. The molecule has 2 heteroatoms. The molecule has 0 heterocycles. The molecule has 0 bridgehead atoms. The van der Waals surface area contributed by atoms with Crippen LogP contribution in [0, 0.1) is 0 Å². The van der Waals surface area contributed by atoms with Gasteiger partial charge in [-0.05, 0) is 70.6 Å². The van der Waals surface area contributed by atoms with Crippen LogP contribution in [0.15, 0.2) is 108 Å². The maximum absolute atomic E-state index is 3.59. The molecule has 0 atom stereocenters. The minimum atomic E-state index is 1.08. The number of rotatable bonds is 5. The molecule has 5 rings (SSSR count). The zero-order valence-corrected chi connectivity index (χ0v) is 19.1. The first-order valence-electron chi connectivity index (χ1n) is 10.8. The second-order valence-electron chi connectivity index (χ2n) is 7.89. The van der Waals surface area contributed by atoms with E-state index in [0.717, 1.165) is 23.0 Å². The molecular weight excluding hydrogens is 442 g/mol. The Kier molecular flexibility index (Phi) is 5.48. The fourth-order valence-corrected chi connectivity index (χ4v) is 4.60. The summed E-state index contributed by atoms with van der Waals surface area (Å²) in [5, 5.41) is 5.07. The fourth-order valence-electron chi connectivity index (χ4n) is 4.34. The standard InChI is InChI=1S/C29H24BrN/c1-2-7-21-12-16-24(17-13-21)31(25-18-14-23(30)15-19-25)29-20-22-8-3-4-9-26(22)27-10-5-6-11-28(27)29/h3-6,8-20H,2,7H2,1H3. The normalized spacial score (nSPS) is 11.2. The molecule has 0 saturated carbocycles. The lowest BCUT2D eigenvalue weighted by atomic mass is 9.99. The van der Waals surface area contributed by atoms with Crippen molar-refractivity contribution in [3.05, 3.63) is 113 Å². The number of anilines is 3. The van der Waals surface area contributed by atoms with Crippen molar-refractivity contribution in [3.8, 4) is 0 Å². The zero-order valence-electron chi connectivity index (χ0n) is 17.6. The van der Waals surface area contributed by atoms with Crippen LogP contribution in [0.25, 0.3) is 21.5 Å². The lowest BCUT2D eigenvalue weighted by Gasteiger charge is -2.28. The van der Waals surface area contributed by atoms with Crippen LogP contribution >= 0.6 is 15.9 Å². The molecule has 0 spiro atoms. The Labute approximate surface area is 192 Å². The van der Waals surface area contributed by atoms with Gasteiger partial charge < -0.3 is 4.90 Å². The maximum Gasteiger partial charge on any atom is 0.0546 e. The van der Waals surface area contributed by atoms with Crippen LogP contribution in [0.5, 0.6) is 0 Å². The molecule has 5 aromatic carbocycles. The van der Waals surface area contributed by atoms with Gasteiger partial charge in [0.1, 0.15) is 0 Å². The second kappa shape index (κ2) is 8.56. The molecule has 0 aliphatic rings. The van der Waals surface area contributed by atoms with Crippen molar-refractivity contribution < 1.29 is 0 Å². The lowest BCUT2D eigenvalue weighted by molar-refractivity contribution is 0.922. The van der Waals surface area contributed by atoms with E-state index in [-0.39, 0.29) is 0 Å². The largest absolute Gasteiger partial charge is 0.310 e. The molecule has 0 radical (unpaired) electrons. The van der Waals surface area contributed by atoms with E-state index in [1.54, 1.807) is 0 Å². The summed E-state index contributed by atoms with van der Waals surface area (Å²) < 4.78 is 1.08. The predicted octanol–water partition coefficient (Wildman–Crippen LogP) is 9.18. The van der Waals surface area contributed by atoms with Crippen LogP contribution in [0.2, 0.25) is 0 Å². The summed E-state index contributed by atoms with van der Waals surface area (Å²) in [6.07, 6.45) is 2.27. The average Bonchev–Trinajstić information content (AvgIpc) is 2.82. The maximum atomic E-state index is 3.59. The summed E-state index contributed by atoms with van der Waals surface area (Å²) in [4.78, 5) is 2.37. The Morgan fingerprint density at radius 3 is 1.90 bits per heavy atom. The zero-order chi connectivity index (χ0) is 21.2. The number of fused-ring (bicyclic) bond motifs is 3. The van der Waals surface area contributed by atoms with Crippen molar-refractivity contribution >= 4 is 54.5 Å². The molecule has 0 N–H and O–H groups in total. The van der Waals surface area contributed by atoms with E-state index in [2.05, 4.69) is 131 Å². The number of nitrogens with zero attached hydrogens (tertiary/aromatic N) is 1. The molecule has 152 valence electrons. The highest BCUT2D eigenvalue weighted by molar-refractivity contribution is 9.10. The summed E-state index contributed by atoms with van der Waals surface area (Å²) in [7, 11) is 0. The van der Waals surface area contributed by atoms with Crippen LogP contribution in [0.3, 0.4) is 0 Å². The quantitative estimate of drug-likeness (QED) is 0.233. The third kappa shape index (κ3) is 3.84. The first-order valence-corrected chi connectivity index (χ1v) is 11.6. The van der Waals surface area contributed by atoms with Crippen molar-refractivity contribution in [2.75, 3.05) is 4.90 Å². The molecule has 0 aliphatic carbocycles. The van der Waals surface area contributed by atoms with E-state index in [9.17, 15) is 0 Å². The van der Waals surface area contributed by atoms with E-state index in [1.165, 1.54) is 38.5 Å². The minimum absolute atomic E-state index is 1.08. The lowest BCUT2D eigenvalue weighted by Crippen LogP contribution is -2.10. The Morgan fingerprint density at radius 2 is 1.23 bits per heavy atom. The third-order valence-electron chi connectivity index (χ3n) is 5.81. The molecular formula is C29H24BrN. The van der Waals surface area contributed by atoms with Gasteiger partial charge in [-0.15, -0.1) is 0 Å². The highest BCUT2D eigenvalue weighted by Crippen LogP contribution is 2.42. The highest BCUT2D eigenvalue weighted by Gasteiger charge is 2.17. The van der Waals surface area contributed by atoms with Gasteiger partial charge in [-0.2, -0.15) is 0 Å². The van der Waals surface area contributed by atoms with E-state index in [0.29, 0.717) is 0 Å². The van der Waals surface area contributed by atoms with Crippen molar-refractivity contribution in [1.82, 2.24) is 0 Å². The van der Waals surface area contributed by atoms with Crippen LogP contribution in [0.4, 0.5) is 17.1 Å². The molecule has 5 aromatic rings. The first-order chi connectivity index (χ1) is 15.2. The van der Waals surface area contributed by atoms with Gasteiger partial charge in [0.15, 0.2) is 0 Å². The molecule has 0 aromatic heterocycles. The van der Waals surface area contributed by atoms with Crippen molar-refractivity contribution in [1.29, 1.82) is 0 Å². The van der Waals surface area contributed by atoms with Gasteiger partial charge in [0, 0.05) is 21.2 Å². The third-order valence-corrected chi connectivity index (χ3v) is 6.33. The predicted molar refractivity (Wildman–Crippen MR) is 138 cm³/mol. The van der Waals surface area contributed by atoms with Gasteiger partial charge in [0.05, 0.1) is 5.69 Å². The summed E-state index contributed by atoms with van der Waals surface area (Å²) in [6, 6.07) is 37.3. The van der Waals surface area contributed by atoms with Gasteiger partial charge in [0.25, 0.3) is 0 Å². The van der Waals surface area contributed by atoms with Crippen LogP contribution in [-0.4, -0.2) is 0 Å². The number of aryl methyl sites for hydroxylation is 1. The summed E-state index contributed by atoms with van der Waals surface area (Å²) >= 11 is 3.59. The van der Waals surface area contributed by atoms with Crippen LogP contribution < -0.4 is 4.90 Å². The van der Waals surface area contributed by atoms with E-state index in [1.807, 2.05) is 0 Å². The van der Waals surface area contributed by atoms with Crippen LogP contribution in [-0.2, 0) is 6.42 Å². The molecule has 0 saturated heterocycles. The van der Waals surface area contributed by atoms with E-state index < -0.39 is 0 Å². The van der Waals surface area contributed by atoms with Crippen molar-refractivity contribution in [3.63, 3.8) is 0 Å². The number of halogens is 1. The minimum Gasteiger partial charge on any atom is -0.310 e. The Balaban J connectivity index is 1.78. The van der Waals surface area contributed by atoms with Gasteiger partial charge in [-0.25, -0.2) is 0 Å². The smallest absolute Gasteiger partial charge is 0.0546 e. The Hall–Kier alpha value is -3.10. The average molecular weight is 466 g/mol. The van der Waals surface area contributed by atoms with Gasteiger partial charge in [0.2, 0.25) is 0 Å². The van der Waals surface area contributed by atoms with E-state index in [4.69, 9.17) is 0 Å². The SMILES string of the molecule is CCCc1ccc(N(c2ccc(Br)cc2)c2cc3ccccc3c3ccccc23)cc1. The Morgan fingerprint density at radius 1 is 0.645 bits per heavy atom. The van der Waals surface area contributed by atoms with E-state index >= 15 is 0 Å². The van der Waals surface area contributed by atoms with Crippen molar-refractivity contribution in [2.24, 2.45) is 0 Å². The molecule has 0 fully saturated rings. The van der Waals surface area contributed by atoms with Gasteiger partial charge in [-0.1, -0.05) is 89.9 Å². The van der Waals surface area contributed by atoms with Crippen molar-refractivity contribution in [2.45, 2.75) is 19.8 Å². The summed E-state index contributed by atoms with van der Waals surface area (Å²) in [6.45, 7) is 2.23. The number of benzene rings is 5. The molecule has 0 aliphatic heterocycles. The second-order valence-corrected chi connectivity index (χ2v) is 8.81. The van der Waals surface area contributed by atoms with Crippen LogP contribution in [0.1, 0.15) is 18.9 Å². The number of hydrogen-bond acceptors (Lipinski definition) is 1. The summed E-state index contributed by atoms with van der Waals surface area (Å²) in [5.41, 5.74) is 4.89. The van der Waals surface area contributed by atoms with Gasteiger partial charge >= 0.3 is 0 Å². The summed E-state index contributed by atoms with van der Waals surface area (Å²) in [5.74, 6) is 0. The molecule has 0 unspecified atom stereocenters.